The van der Waals surface area contributed by atoms with Crippen molar-refractivity contribution in [3.05, 3.63) is 30.1 Å². The van der Waals surface area contributed by atoms with E-state index >= 15 is 0 Å². The molecule has 0 bridgehead atoms. The fourth-order valence-electron chi connectivity index (χ4n) is 1.47. The van der Waals surface area contributed by atoms with E-state index in [0.717, 1.165) is 18.4 Å². The van der Waals surface area contributed by atoms with Crippen molar-refractivity contribution in [2.24, 2.45) is 5.41 Å². The topological polar surface area (TPSA) is 30.0 Å². The van der Waals surface area contributed by atoms with Crippen LogP contribution < -0.4 is 0 Å². The molecule has 0 saturated carbocycles. The molecule has 16 heavy (non-hydrogen) atoms. The third-order valence-corrected chi connectivity index (χ3v) is 2.57. The van der Waals surface area contributed by atoms with Crippen LogP contribution in [0.15, 0.2) is 24.5 Å². The first-order chi connectivity index (χ1) is 7.47. The third kappa shape index (κ3) is 5.64. The molecule has 1 aromatic heterocycles. The van der Waals surface area contributed by atoms with Gasteiger partial charge < -0.3 is 0 Å². The summed E-state index contributed by atoms with van der Waals surface area (Å²) >= 11 is 0. The lowest BCUT2D eigenvalue weighted by molar-refractivity contribution is -0.119. The summed E-state index contributed by atoms with van der Waals surface area (Å²) in [4.78, 5) is 15.7. The normalized spacial score (nSPS) is 11.4. The molecule has 0 aliphatic rings. The van der Waals surface area contributed by atoms with Crippen LogP contribution in [0.25, 0.3) is 0 Å². The summed E-state index contributed by atoms with van der Waals surface area (Å²) in [5.74, 6) is 0.360. The Morgan fingerprint density at radius 3 is 2.62 bits per heavy atom. The second kappa shape index (κ2) is 5.78. The first-order valence-corrected chi connectivity index (χ1v) is 5.88. The number of aryl methyl sites for hydroxylation is 1. The number of carbonyl (C=O) groups excluding carboxylic acids is 1. The predicted octanol–water partition coefficient (Wildman–Crippen LogP) is 3.41. The van der Waals surface area contributed by atoms with Crippen LogP contribution >= 0.6 is 0 Å². The lowest BCUT2D eigenvalue weighted by atomic mass is 9.89. The molecule has 1 rings (SSSR count). The number of hydrogen-bond donors (Lipinski definition) is 0. The van der Waals surface area contributed by atoms with Gasteiger partial charge in [-0.3, -0.25) is 9.78 Å². The molecule has 0 fully saturated rings. The van der Waals surface area contributed by atoms with Gasteiger partial charge in [0, 0.05) is 25.2 Å². The van der Waals surface area contributed by atoms with Gasteiger partial charge in [0.1, 0.15) is 5.78 Å². The summed E-state index contributed by atoms with van der Waals surface area (Å²) in [6.45, 7) is 6.50. The Bertz CT molecular complexity index is 324. The summed E-state index contributed by atoms with van der Waals surface area (Å²) in [5, 5.41) is 0. The van der Waals surface area contributed by atoms with Crippen molar-refractivity contribution in [1.29, 1.82) is 0 Å². The molecule has 0 aromatic carbocycles. The van der Waals surface area contributed by atoms with E-state index in [4.69, 9.17) is 0 Å². The third-order valence-electron chi connectivity index (χ3n) is 2.57. The largest absolute Gasteiger partial charge is 0.300 e. The second-order valence-corrected chi connectivity index (χ2v) is 5.46. The molecule has 2 nitrogen and oxygen atoms in total. The monoisotopic (exact) mass is 219 g/mol. The molecule has 0 N–H and O–H groups in total. The summed E-state index contributed by atoms with van der Waals surface area (Å²) < 4.78 is 0. The molecule has 1 heterocycles. The van der Waals surface area contributed by atoms with Gasteiger partial charge in [-0.15, -0.1) is 0 Å². The molecule has 0 spiro atoms. The Morgan fingerprint density at radius 2 is 2.06 bits per heavy atom. The first kappa shape index (κ1) is 12.9. The number of aromatic nitrogens is 1. The van der Waals surface area contributed by atoms with Crippen molar-refractivity contribution in [2.75, 3.05) is 0 Å². The molecular formula is C14H21NO. The number of hydrogen-bond acceptors (Lipinski definition) is 2. The van der Waals surface area contributed by atoms with Gasteiger partial charge in [-0.1, -0.05) is 26.8 Å². The molecule has 1 aromatic rings. The molecule has 2 heteroatoms. The minimum absolute atomic E-state index is 0.254. The smallest absolute Gasteiger partial charge is 0.133 e. The van der Waals surface area contributed by atoms with E-state index in [0.29, 0.717) is 18.6 Å². The van der Waals surface area contributed by atoms with E-state index in [2.05, 4.69) is 25.8 Å². The minimum Gasteiger partial charge on any atom is -0.300 e. The molecule has 0 aliphatic carbocycles. The molecule has 0 unspecified atom stereocenters. The van der Waals surface area contributed by atoms with Crippen LogP contribution in [0.5, 0.6) is 0 Å². The number of nitrogens with zero attached hydrogens (tertiary/aromatic N) is 1. The van der Waals surface area contributed by atoms with E-state index < -0.39 is 0 Å². The fraction of sp³-hybridized carbons (Fsp3) is 0.571. The summed E-state index contributed by atoms with van der Waals surface area (Å²) in [5.41, 5.74) is 1.40. The van der Waals surface area contributed by atoms with Crippen molar-refractivity contribution in [3.8, 4) is 0 Å². The van der Waals surface area contributed by atoms with Gasteiger partial charge >= 0.3 is 0 Å². The first-order valence-electron chi connectivity index (χ1n) is 5.88. The Balaban J connectivity index is 2.26. The van der Waals surface area contributed by atoms with Crippen LogP contribution in [0.2, 0.25) is 0 Å². The SMILES string of the molecule is CC(C)(C)CCC(=O)CCc1cccnc1. The number of carbonyl (C=O) groups is 1. The maximum absolute atomic E-state index is 11.6. The molecule has 88 valence electrons. The summed E-state index contributed by atoms with van der Waals surface area (Å²) in [7, 11) is 0. The maximum Gasteiger partial charge on any atom is 0.133 e. The van der Waals surface area contributed by atoms with Gasteiger partial charge in [-0.05, 0) is 29.9 Å². The van der Waals surface area contributed by atoms with Crippen LogP contribution in [0.1, 0.15) is 45.6 Å². The summed E-state index contributed by atoms with van der Waals surface area (Å²) in [6, 6.07) is 3.93. The van der Waals surface area contributed by atoms with Gasteiger partial charge in [0.15, 0.2) is 0 Å². The maximum atomic E-state index is 11.6. The molecule has 0 amide bonds. The van der Waals surface area contributed by atoms with Crippen molar-refractivity contribution in [2.45, 2.75) is 46.5 Å². The second-order valence-electron chi connectivity index (χ2n) is 5.46. The quantitative estimate of drug-likeness (QED) is 0.759. The number of rotatable bonds is 5. The predicted molar refractivity (Wildman–Crippen MR) is 66.3 cm³/mol. The van der Waals surface area contributed by atoms with E-state index in [1.54, 1.807) is 6.20 Å². The molecule has 0 aliphatic heterocycles. The zero-order valence-corrected chi connectivity index (χ0v) is 10.5. The highest BCUT2D eigenvalue weighted by molar-refractivity contribution is 5.78. The lowest BCUT2D eigenvalue weighted by Gasteiger charge is -2.16. The highest BCUT2D eigenvalue weighted by Gasteiger charge is 2.12. The fourth-order valence-corrected chi connectivity index (χ4v) is 1.47. The van der Waals surface area contributed by atoms with Crippen LogP contribution in [0.3, 0.4) is 0 Å². The highest BCUT2D eigenvalue weighted by atomic mass is 16.1. The highest BCUT2D eigenvalue weighted by Crippen LogP contribution is 2.21. The Morgan fingerprint density at radius 1 is 1.31 bits per heavy atom. The van der Waals surface area contributed by atoms with Crippen LogP contribution in [-0.4, -0.2) is 10.8 Å². The van der Waals surface area contributed by atoms with Crippen molar-refractivity contribution < 1.29 is 4.79 Å². The van der Waals surface area contributed by atoms with Gasteiger partial charge in [0.05, 0.1) is 0 Å². The van der Waals surface area contributed by atoms with Gasteiger partial charge in [0.2, 0.25) is 0 Å². The standard InChI is InChI=1S/C14H21NO/c1-14(2,3)9-8-13(16)7-6-12-5-4-10-15-11-12/h4-5,10-11H,6-9H2,1-3H3. The zero-order chi connectivity index (χ0) is 12.0. The van der Waals surface area contributed by atoms with Crippen molar-refractivity contribution in [3.63, 3.8) is 0 Å². The Hall–Kier alpha value is -1.18. The number of Topliss-reactive ketones (excluding diaryl/α,β-unsaturated/α-hetero) is 1. The lowest BCUT2D eigenvalue weighted by Crippen LogP contribution is -2.09. The van der Waals surface area contributed by atoms with E-state index in [1.807, 2.05) is 18.3 Å². The average molecular weight is 219 g/mol. The number of ketones is 1. The molecular weight excluding hydrogens is 198 g/mol. The van der Waals surface area contributed by atoms with Crippen molar-refractivity contribution >= 4 is 5.78 Å². The molecule has 0 saturated heterocycles. The van der Waals surface area contributed by atoms with Gasteiger partial charge in [0.25, 0.3) is 0 Å². The zero-order valence-electron chi connectivity index (χ0n) is 10.5. The summed E-state index contributed by atoms with van der Waals surface area (Å²) in [6.07, 6.45) is 6.71. The van der Waals surface area contributed by atoms with E-state index in [-0.39, 0.29) is 5.41 Å². The van der Waals surface area contributed by atoms with E-state index in [9.17, 15) is 4.79 Å². The van der Waals surface area contributed by atoms with Crippen molar-refractivity contribution in [1.82, 2.24) is 4.98 Å². The Kier molecular flexibility index (Phi) is 4.66. The molecule has 0 atom stereocenters. The number of pyridine rings is 1. The van der Waals surface area contributed by atoms with Crippen LogP contribution in [0.4, 0.5) is 0 Å². The minimum atomic E-state index is 0.254. The molecule has 0 radical (unpaired) electrons. The van der Waals surface area contributed by atoms with Crippen LogP contribution in [0, 0.1) is 5.41 Å². The van der Waals surface area contributed by atoms with Gasteiger partial charge in [-0.25, -0.2) is 0 Å². The Labute approximate surface area is 98.1 Å². The van der Waals surface area contributed by atoms with Crippen LogP contribution in [-0.2, 0) is 11.2 Å². The average Bonchev–Trinajstić information content (AvgIpc) is 2.24. The van der Waals surface area contributed by atoms with Gasteiger partial charge in [-0.2, -0.15) is 0 Å². The van der Waals surface area contributed by atoms with E-state index in [1.165, 1.54) is 0 Å².